The summed E-state index contributed by atoms with van der Waals surface area (Å²) in [6, 6.07) is 7.72. The molecule has 0 saturated carbocycles. The van der Waals surface area contributed by atoms with Gasteiger partial charge in [-0.25, -0.2) is 0 Å². The molecule has 8 N–H and O–H groups in total. The Morgan fingerprint density at radius 3 is 2.24 bits per heavy atom. The number of phenolic OH excluding ortho intramolecular Hbond substituents is 2. The molecular formula is C28H36O14. The number of hydrogen-bond donors (Lipinski definition) is 8. The molecule has 0 amide bonds. The van der Waals surface area contributed by atoms with Crippen LogP contribution in [0.25, 0.3) is 0 Å². The molecule has 3 aliphatic heterocycles. The first-order valence-corrected chi connectivity index (χ1v) is 13.6. The van der Waals surface area contributed by atoms with Crippen LogP contribution in [0.5, 0.6) is 28.7 Å². The Bertz CT molecular complexity index is 1240. The van der Waals surface area contributed by atoms with Gasteiger partial charge in [-0.05, 0) is 37.5 Å². The van der Waals surface area contributed by atoms with Crippen molar-refractivity contribution in [2.45, 2.75) is 87.3 Å². The Hall–Kier alpha value is -2.92. The lowest BCUT2D eigenvalue weighted by atomic mass is 9.96. The van der Waals surface area contributed by atoms with E-state index in [1.54, 1.807) is 12.1 Å². The molecule has 2 aromatic carbocycles. The Morgan fingerprint density at radius 1 is 0.810 bits per heavy atom. The minimum atomic E-state index is -1.71. The number of rotatable bonds is 7. The Morgan fingerprint density at radius 2 is 1.52 bits per heavy atom. The van der Waals surface area contributed by atoms with E-state index in [9.17, 15) is 40.9 Å². The van der Waals surface area contributed by atoms with Gasteiger partial charge in [0.15, 0.2) is 17.8 Å². The monoisotopic (exact) mass is 596 g/mol. The molecule has 3 aliphatic rings. The fourth-order valence-corrected chi connectivity index (χ4v) is 5.29. The number of fused-ring (bicyclic) bond motifs is 1. The summed E-state index contributed by atoms with van der Waals surface area (Å²) in [5.41, 5.74) is 1.23. The lowest BCUT2D eigenvalue weighted by Gasteiger charge is -2.42. The largest absolute Gasteiger partial charge is 0.507 e. The van der Waals surface area contributed by atoms with Gasteiger partial charge in [0, 0.05) is 17.7 Å². The van der Waals surface area contributed by atoms with E-state index in [-0.39, 0.29) is 17.2 Å². The Balaban J connectivity index is 1.28. The molecule has 2 fully saturated rings. The maximum atomic E-state index is 10.7. The highest BCUT2D eigenvalue weighted by atomic mass is 16.7. The van der Waals surface area contributed by atoms with Gasteiger partial charge >= 0.3 is 0 Å². The molecule has 2 saturated heterocycles. The Labute approximate surface area is 240 Å². The maximum Gasteiger partial charge on any atom is 0.229 e. The molecule has 3 heterocycles. The first kappa shape index (κ1) is 30.5. The number of benzene rings is 2. The number of aliphatic hydroxyl groups is 6. The molecule has 232 valence electrons. The molecule has 0 aliphatic carbocycles. The smallest absolute Gasteiger partial charge is 0.229 e. The van der Waals surface area contributed by atoms with Crippen molar-refractivity contribution in [1.29, 1.82) is 0 Å². The fourth-order valence-electron chi connectivity index (χ4n) is 5.29. The van der Waals surface area contributed by atoms with Gasteiger partial charge in [0.25, 0.3) is 0 Å². The fraction of sp³-hybridized carbons (Fsp3) is 0.571. The van der Waals surface area contributed by atoms with Crippen LogP contribution < -0.4 is 14.2 Å². The van der Waals surface area contributed by atoms with E-state index < -0.39 is 74.1 Å². The van der Waals surface area contributed by atoms with Crippen molar-refractivity contribution in [2.75, 3.05) is 13.7 Å². The second-order valence-corrected chi connectivity index (χ2v) is 10.6. The van der Waals surface area contributed by atoms with Crippen LogP contribution in [0, 0.1) is 0 Å². The molecule has 14 nitrogen and oxygen atoms in total. The van der Waals surface area contributed by atoms with Crippen molar-refractivity contribution < 1.29 is 69.3 Å². The Kier molecular flexibility index (Phi) is 8.99. The van der Waals surface area contributed by atoms with Crippen LogP contribution in [0.1, 0.15) is 30.6 Å². The maximum absolute atomic E-state index is 10.7. The van der Waals surface area contributed by atoms with E-state index >= 15 is 0 Å². The van der Waals surface area contributed by atoms with Crippen molar-refractivity contribution >= 4 is 0 Å². The summed E-state index contributed by atoms with van der Waals surface area (Å²) in [5, 5.41) is 82.4. The van der Waals surface area contributed by atoms with Gasteiger partial charge in [-0.2, -0.15) is 0 Å². The summed E-state index contributed by atoms with van der Waals surface area (Å²) < 4.78 is 33.5. The van der Waals surface area contributed by atoms with Crippen molar-refractivity contribution in [2.24, 2.45) is 0 Å². The van der Waals surface area contributed by atoms with Crippen LogP contribution in [0.4, 0.5) is 0 Å². The average Bonchev–Trinajstić information content (AvgIpc) is 2.97. The van der Waals surface area contributed by atoms with Crippen molar-refractivity contribution in [3.63, 3.8) is 0 Å². The molecule has 0 bridgehead atoms. The third-order valence-electron chi connectivity index (χ3n) is 7.81. The van der Waals surface area contributed by atoms with Crippen LogP contribution in [-0.2, 0) is 20.6 Å². The molecule has 0 spiro atoms. The topological polar surface area (TPSA) is 217 Å². The molecule has 0 unspecified atom stereocenters. The highest BCUT2D eigenvalue weighted by Gasteiger charge is 2.47. The number of phenols is 2. The van der Waals surface area contributed by atoms with Gasteiger partial charge in [0.05, 0.1) is 19.8 Å². The zero-order valence-corrected chi connectivity index (χ0v) is 22.9. The van der Waals surface area contributed by atoms with Crippen LogP contribution in [-0.4, -0.2) is 116 Å². The summed E-state index contributed by atoms with van der Waals surface area (Å²) in [6.07, 6.45) is -13.9. The molecule has 14 heteroatoms. The molecule has 0 radical (unpaired) electrons. The summed E-state index contributed by atoms with van der Waals surface area (Å²) >= 11 is 0. The molecule has 11 atom stereocenters. The van der Waals surface area contributed by atoms with E-state index in [1.165, 1.54) is 32.2 Å². The average molecular weight is 597 g/mol. The van der Waals surface area contributed by atoms with Crippen molar-refractivity contribution in [1.82, 2.24) is 0 Å². The van der Waals surface area contributed by atoms with Crippen molar-refractivity contribution in [3.8, 4) is 28.7 Å². The molecule has 5 rings (SSSR count). The summed E-state index contributed by atoms with van der Waals surface area (Å²) in [4.78, 5) is 0. The van der Waals surface area contributed by atoms with Gasteiger partial charge in [0.2, 0.25) is 6.29 Å². The third-order valence-corrected chi connectivity index (χ3v) is 7.81. The van der Waals surface area contributed by atoms with Gasteiger partial charge in [-0.15, -0.1) is 0 Å². The summed E-state index contributed by atoms with van der Waals surface area (Å²) in [7, 11) is 1.45. The van der Waals surface area contributed by atoms with E-state index in [4.69, 9.17) is 28.4 Å². The number of ether oxygens (including phenoxy) is 6. The van der Waals surface area contributed by atoms with Gasteiger partial charge in [-0.3, -0.25) is 0 Å². The standard InChI is InChI=1S/C28H36O14/c1-11-21(31)23(33)25(35)27(39-11)38-10-20-22(32)24(34)26(36)28(42-20)40-13-8-15(29)14-4-6-17(41-19(14)9-13)12-3-5-18(37-2)16(30)7-12/h3,5,7-9,11,17,20-36H,4,6,10H2,1-2H3/t11-,17-,20+,21-,22+,23+,24-,25+,26+,27+,28+/m0/s1. The molecule has 2 aromatic rings. The minimum Gasteiger partial charge on any atom is -0.507 e. The van der Waals surface area contributed by atoms with E-state index in [0.29, 0.717) is 35.5 Å². The number of aromatic hydroxyl groups is 2. The van der Waals surface area contributed by atoms with Gasteiger partial charge < -0.3 is 69.3 Å². The van der Waals surface area contributed by atoms with Crippen LogP contribution in [0.3, 0.4) is 0 Å². The predicted molar refractivity (Wildman–Crippen MR) is 140 cm³/mol. The second-order valence-electron chi connectivity index (χ2n) is 10.6. The van der Waals surface area contributed by atoms with E-state index in [2.05, 4.69) is 0 Å². The molecule has 0 aromatic heterocycles. The number of aliphatic hydroxyl groups excluding tert-OH is 6. The quantitative estimate of drug-likeness (QED) is 0.196. The zero-order chi connectivity index (χ0) is 30.3. The lowest BCUT2D eigenvalue weighted by molar-refractivity contribution is -0.318. The van der Waals surface area contributed by atoms with E-state index in [0.717, 1.165) is 0 Å². The highest BCUT2D eigenvalue weighted by Crippen LogP contribution is 2.43. The van der Waals surface area contributed by atoms with Crippen molar-refractivity contribution in [3.05, 3.63) is 41.5 Å². The van der Waals surface area contributed by atoms with Crippen LogP contribution in [0.2, 0.25) is 0 Å². The minimum absolute atomic E-state index is 0.0359. The molecule has 42 heavy (non-hydrogen) atoms. The first-order valence-electron chi connectivity index (χ1n) is 13.6. The number of hydrogen-bond acceptors (Lipinski definition) is 14. The lowest BCUT2D eigenvalue weighted by Crippen LogP contribution is -2.61. The predicted octanol–water partition coefficient (Wildman–Crippen LogP) is -0.797. The van der Waals surface area contributed by atoms with E-state index in [1.807, 2.05) is 0 Å². The summed E-state index contributed by atoms with van der Waals surface area (Å²) in [5.74, 6) is 0.496. The van der Waals surface area contributed by atoms with Crippen LogP contribution in [0.15, 0.2) is 30.3 Å². The normalized spacial score (nSPS) is 36.5. The SMILES string of the molecule is COc1ccc([C@@H]2CCc3c(O)cc(O[C@@H]4O[C@H](CO[C@@H]5O[C@@H](C)[C@H](O)[C@@H](O)[C@H]5O)[C@@H](O)[C@H](O)[C@H]4O)cc3O2)cc1O. The highest BCUT2D eigenvalue weighted by molar-refractivity contribution is 5.52. The second kappa shape index (κ2) is 12.4. The van der Waals surface area contributed by atoms with Crippen LogP contribution >= 0.6 is 0 Å². The molecular weight excluding hydrogens is 560 g/mol. The number of methoxy groups -OCH3 is 1. The third kappa shape index (κ3) is 5.95. The van der Waals surface area contributed by atoms with Gasteiger partial charge in [-0.1, -0.05) is 6.07 Å². The summed E-state index contributed by atoms with van der Waals surface area (Å²) in [6.45, 7) is 1.03. The van der Waals surface area contributed by atoms with Gasteiger partial charge in [0.1, 0.15) is 66.1 Å². The zero-order valence-electron chi connectivity index (χ0n) is 22.9. The first-order chi connectivity index (χ1) is 20.0.